The Morgan fingerprint density at radius 3 is 2.57 bits per heavy atom. The molecule has 3 fully saturated rings. The number of rotatable bonds is 6. The summed E-state index contributed by atoms with van der Waals surface area (Å²) in [5.41, 5.74) is 0.904. The van der Waals surface area contributed by atoms with Gasteiger partial charge in [0.15, 0.2) is 0 Å². The summed E-state index contributed by atoms with van der Waals surface area (Å²) in [4.78, 5) is 43.7. The number of piperidine rings is 1. The highest BCUT2D eigenvalue weighted by atomic mass is 32.2. The number of anilines is 1. The first-order valence-electron chi connectivity index (χ1n) is 13.2. The summed E-state index contributed by atoms with van der Waals surface area (Å²) >= 11 is 6.91. The van der Waals surface area contributed by atoms with Crippen LogP contribution in [0.4, 0.5) is 5.82 Å². The smallest absolute Gasteiger partial charge is 0.310 e. The largest absolute Gasteiger partial charge is 0.466 e. The van der Waals surface area contributed by atoms with Gasteiger partial charge in [-0.05, 0) is 58.1 Å². The van der Waals surface area contributed by atoms with Gasteiger partial charge in [0, 0.05) is 31.2 Å². The van der Waals surface area contributed by atoms with Crippen LogP contribution in [0.5, 0.6) is 0 Å². The molecule has 0 bridgehead atoms. The van der Waals surface area contributed by atoms with Crippen molar-refractivity contribution in [1.82, 2.24) is 9.47 Å². The predicted octanol–water partition coefficient (Wildman–Crippen LogP) is 4.36. The van der Waals surface area contributed by atoms with E-state index in [2.05, 4.69) is 6.07 Å². The summed E-state index contributed by atoms with van der Waals surface area (Å²) in [7, 11) is 0. The Kier molecular flexibility index (Phi) is 8.75. The molecule has 2 aliphatic heterocycles. The molecule has 1 amide bonds. The molecule has 2 saturated heterocycles. The van der Waals surface area contributed by atoms with E-state index in [1.807, 2.05) is 11.8 Å². The summed E-state index contributed by atoms with van der Waals surface area (Å²) in [5, 5.41) is 9.83. The van der Waals surface area contributed by atoms with E-state index >= 15 is 0 Å². The van der Waals surface area contributed by atoms with Crippen molar-refractivity contribution in [2.75, 3.05) is 24.6 Å². The van der Waals surface area contributed by atoms with Gasteiger partial charge in [-0.1, -0.05) is 43.2 Å². The molecule has 0 radical (unpaired) electrons. The number of carbonyl (C=O) groups excluding carboxylic acids is 2. The Morgan fingerprint density at radius 1 is 1.19 bits per heavy atom. The number of nitrogens with zero attached hydrogens (tertiary/aromatic N) is 4. The number of hydrogen-bond acceptors (Lipinski definition) is 8. The third-order valence-electron chi connectivity index (χ3n) is 7.54. The van der Waals surface area contributed by atoms with E-state index in [0.717, 1.165) is 38.5 Å². The number of thiocarbonyl (C=S) groups is 1. The van der Waals surface area contributed by atoms with E-state index in [0.29, 0.717) is 52.4 Å². The van der Waals surface area contributed by atoms with E-state index in [1.54, 1.807) is 29.4 Å². The van der Waals surface area contributed by atoms with Crippen molar-refractivity contribution < 1.29 is 14.3 Å². The molecule has 0 aromatic carbocycles. The van der Waals surface area contributed by atoms with Crippen LogP contribution in [0.3, 0.4) is 0 Å². The number of hydrogen-bond donors (Lipinski definition) is 0. The maximum Gasteiger partial charge on any atom is 0.310 e. The molecule has 198 valence electrons. The number of aromatic nitrogens is 1. The monoisotopic (exact) mass is 542 g/mol. The SMILES string of the molecule is CCOC(=O)C1CCCN(c2c(/C=C3/SC(=S)N(C4CCCCC4)C3=O)c(C)c(C#N)c(=O)n2CC)C1. The van der Waals surface area contributed by atoms with Crippen LogP contribution in [0.25, 0.3) is 6.08 Å². The summed E-state index contributed by atoms with van der Waals surface area (Å²) in [6.07, 6.45) is 8.55. The van der Waals surface area contributed by atoms with Crippen LogP contribution in [0, 0.1) is 24.2 Å². The van der Waals surface area contributed by atoms with E-state index in [-0.39, 0.29) is 35.0 Å². The van der Waals surface area contributed by atoms with Gasteiger partial charge in [0.2, 0.25) is 0 Å². The molecular formula is C27H34N4O4S2. The molecule has 37 heavy (non-hydrogen) atoms. The van der Waals surface area contributed by atoms with Crippen molar-refractivity contribution >= 4 is 52.1 Å². The zero-order valence-corrected chi connectivity index (χ0v) is 23.4. The lowest BCUT2D eigenvalue weighted by Gasteiger charge is -2.36. The summed E-state index contributed by atoms with van der Waals surface area (Å²) in [5.74, 6) is -0.00994. The molecule has 1 aromatic rings. The van der Waals surface area contributed by atoms with Gasteiger partial charge in [-0.3, -0.25) is 23.9 Å². The van der Waals surface area contributed by atoms with Crippen LogP contribution in [0.1, 0.15) is 75.5 Å². The van der Waals surface area contributed by atoms with Crippen LogP contribution in [0.15, 0.2) is 9.70 Å². The molecule has 8 nitrogen and oxygen atoms in total. The maximum absolute atomic E-state index is 13.5. The molecule has 10 heteroatoms. The van der Waals surface area contributed by atoms with Crippen molar-refractivity contribution in [3.05, 3.63) is 31.9 Å². The summed E-state index contributed by atoms with van der Waals surface area (Å²) < 4.78 is 7.43. The molecule has 3 aliphatic rings. The normalized spacial score (nSPS) is 22.0. The average molecular weight is 543 g/mol. The third kappa shape index (κ3) is 5.34. The van der Waals surface area contributed by atoms with Crippen molar-refractivity contribution in [2.24, 2.45) is 5.92 Å². The van der Waals surface area contributed by atoms with Crippen LogP contribution in [-0.2, 0) is 20.9 Å². The first-order valence-corrected chi connectivity index (χ1v) is 14.4. The predicted molar refractivity (Wildman–Crippen MR) is 149 cm³/mol. The molecule has 0 spiro atoms. The van der Waals surface area contributed by atoms with Crippen LogP contribution in [-0.4, -0.2) is 51.4 Å². The Labute approximate surface area is 227 Å². The molecule has 1 atom stereocenters. The molecule has 0 N–H and O–H groups in total. The number of pyridine rings is 1. The molecule has 1 aromatic heterocycles. The Hall–Kier alpha value is -2.64. The second-order valence-electron chi connectivity index (χ2n) is 9.78. The van der Waals surface area contributed by atoms with Crippen LogP contribution < -0.4 is 10.5 Å². The number of thioether (sulfide) groups is 1. The average Bonchev–Trinajstić information content (AvgIpc) is 3.18. The second-order valence-corrected chi connectivity index (χ2v) is 11.5. The van der Waals surface area contributed by atoms with Crippen LogP contribution >= 0.6 is 24.0 Å². The molecule has 3 heterocycles. The van der Waals surface area contributed by atoms with Gasteiger partial charge in [-0.25, -0.2) is 0 Å². The quantitative estimate of drug-likeness (QED) is 0.297. The van der Waals surface area contributed by atoms with Crippen molar-refractivity contribution in [3.63, 3.8) is 0 Å². The lowest BCUT2D eigenvalue weighted by Crippen LogP contribution is -2.43. The van der Waals surface area contributed by atoms with Crippen LogP contribution in [0.2, 0.25) is 0 Å². The van der Waals surface area contributed by atoms with E-state index in [4.69, 9.17) is 17.0 Å². The van der Waals surface area contributed by atoms with E-state index in [1.165, 1.54) is 18.2 Å². The van der Waals surface area contributed by atoms with Gasteiger partial charge in [-0.2, -0.15) is 5.26 Å². The summed E-state index contributed by atoms with van der Waals surface area (Å²) in [6.45, 7) is 7.15. The number of esters is 1. The highest BCUT2D eigenvalue weighted by Gasteiger charge is 2.38. The topological polar surface area (TPSA) is 95.6 Å². The van der Waals surface area contributed by atoms with E-state index in [9.17, 15) is 19.6 Å². The lowest BCUT2D eigenvalue weighted by atomic mass is 9.94. The van der Waals surface area contributed by atoms with Gasteiger partial charge >= 0.3 is 5.97 Å². The molecule has 1 aliphatic carbocycles. The van der Waals surface area contributed by atoms with Gasteiger partial charge in [0.1, 0.15) is 21.8 Å². The minimum Gasteiger partial charge on any atom is -0.466 e. The fourth-order valence-electron chi connectivity index (χ4n) is 5.67. The number of amides is 1. The minimum atomic E-state index is -0.359. The first-order chi connectivity index (χ1) is 17.8. The minimum absolute atomic E-state index is 0.0681. The fourth-order valence-corrected chi connectivity index (χ4v) is 7.05. The van der Waals surface area contributed by atoms with Gasteiger partial charge in [-0.15, -0.1) is 0 Å². The zero-order valence-electron chi connectivity index (χ0n) is 21.7. The Morgan fingerprint density at radius 2 is 1.92 bits per heavy atom. The van der Waals surface area contributed by atoms with Crippen molar-refractivity contribution in [3.8, 4) is 6.07 Å². The molecular weight excluding hydrogens is 508 g/mol. The van der Waals surface area contributed by atoms with Gasteiger partial charge in [0.05, 0.1) is 17.4 Å². The lowest BCUT2D eigenvalue weighted by molar-refractivity contribution is -0.148. The molecule has 1 saturated carbocycles. The maximum atomic E-state index is 13.5. The van der Waals surface area contributed by atoms with Crippen molar-refractivity contribution in [2.45, 2.75) is 78.3 Å². The summed E-state index contributed by atoms with van der Waals surface area (Å²) in [6, 6.07) is 2.20. The van der Waals surface area contributed by atoms with E-state index < -0.39 is 0 Å². The Bertz CT molecular complexity index is 1230. The van der Waals surface area contributed by atoms with Gasteiger partial charge < -0.3 is 9.64 Å². The third-order valence-corrected chi connectivity index (χ3v) is 8.87. The highest BCUT2D eigenvalue weighted by Crippen LogP contribution is 2.39. The number of ether oxygens (including phenoxy) is 1. The standard InChI is InChI=1S/C27H34N4O4S2/c1-4-30-23(29-13-9-10-18(16-29)26(34)35-5-2)20(17(3)21(15-28)24(30)32)14-22-25(33)31(27(36)37-22)19-11-7-6-8-12-19/h14,18-19H,4-13,16H2,1-3H3/b22-14+. The zero-order chi connectivity index (χ0) is 26.7. The second kappa shape index (κ2) is 11.8. The highest BCUT2D eigenvalue weighted by molar-refractivity contribution is 8.26. The number of nitriles is 1. The van der Waals surface area contributed by atoms with Gasteiger partial charge in [0.25, 0.3) is 11.5 Å². The molecule has 4 rings (SSSR count). The fraction of sp³-hybridized carbons (Fsp3) is 0.593. The van der Waals surface area contributed by atoms with Crippen molar-refractivity contribution in [1.29, 1.82) is 5.26 Å². The first kappa shape index (κ1) is 27.4. The number of carbonyl (C=O) groups is 2. The molecule has 1 unspecified atom stereocenters. The Balaban J connectivity index is 1.80.